The Morgan fingerprint density at radius 1 is 1.73 bits per heavy atom. The molecule has 7 nitrogen and oxygen atoms in total. The zero-order valence-electron chi connectivity index (χ0n) is 8.57. The van der Waals surface area contributed by atoms with Crippen molar-refractivity contribution >= 4 is 17.4 Å². The van der Waals surface area contributed by atoms with E-state index < -0.39 is 5.56 Å². The number of carbonyl (C=O) groups is 1. The molecule has 1 amide bonds. The molecule has 0 saturated heterocycles. The summed E-state index contributed by atoms with van der Waals surface area (Å²) in [6, 6.07) is 0. The first-order chi connectivity index (χ1) is 7.06. The van der Waals surface area contributed by atoms with Crippen LogP contribution in [0.3, 0.4) is 0 Å². The van der Waals surface area contributed by atoms with Crippen LogP contribution in [0.25, 0.3) is 0 Å². The first-order valence-corrected chi connectivity index (χ1v) is 4.31. The molecule has 0 spiro atoms. The SMILES string of the molecule is CNC(=O)CN(C)c1nc[nH]c(=O)c1N. The van der Waals surface area contributed by atoms with Gasteiger partial charge in [-0.25, -0.2) is 4.98 Å². The fourth-order valence-electron chi connectivity index (χ4n) is 1.07. The van der Waals surface area contributed by atoms with E-state index in [1.165, 1.54) is 18.3 Å². The lowest BCUT2D eigenvalue weighted by atomic mass is 10.4. The quantitative estimate of drug-likeness (QED) is 0.566. The van der Waals surface area contributed by atoms with Crippen LogP contribution in [-0.4, -0.2) is 36.5 Å². The van der Waals surface area contributed by atoms with E-state index in [1.807, 2.05) is 0 Å². The van der Waals surface area contributed by atoms with E-state index in [1.54, 1.807) is 7.05 Å². The number of nitrogens with zero attached hydrogens (tertiary/aromatic N) is 2. The smallest absolute Gasteiger partial charge is 0.276 e. The van der Waals surface area contributed by atoms with Gasteiger partial charge < -0.3 is 20.9 Å². The predicted molar refractivity (Wildman–Crippen MR) is 56.6 cm³/mol. The third-order valence-corrected chi connectivity index (χ3v) is 1.89. The molecule has 0 atom stereocenters. The zero-order valence-corrected chi connectivity index (χ0v) is 8.57. The van der Waals surface area contributed by atoms with Crippen molar-refractivity contribution in [3.8, 4) is 0 Å². The number of aromatic nitrogens is 2. The highest BCUT2D eigenvalue weighted by molar-refractivity contribution is 5.81. The zero-order chi connectivity index (χ0) is 11.4. The molecule has 0 aliphatic heterocycles. The van der Waals surface area contributed by atoms with Gasteiger partial charge in [0.25, 0.3) is 5.56 Å². The minimum absolute atomic E-state index is 0.00361. The molecule has 0 unspecified atom stereocenters. The van der Waals surface area contributed by atoms with Gasteiger partial charge in [0, 0.05) is 14.1 Å². The van der Waals surface area contributed by atoms with Crippen molar-refractivity contribution in [1.29, 1.82) is 0 Å². The molecule has 0 aliphatic carbocycles. The van der Waals surface area contributed by atoms with Gasteiger partial charge in [0.2, 0.25) is 5.91 Å². The lowest BCUT2D eigenvalue weighted by molar-refractivity contribution is -0.119. The molecule has 4 N–H and O–H groups in total. The molecule has 1 rings (SSSR count). The van der Waals surface area contributed by atoms with Gasteiger partial charge in [-0.3, -0.25) is 9.59 Å². The Balaban J connectivity index is 2.91. The summed E-state index contributed by atoms with van der Waals surface area (Å²) in [7, 11) is 3.16. The van der Waals surface area contributed by atoms with Gasteiger partial charge >= 0.3 is 0 Å². The second-order valence-corrected chi connectivity index (χ2v) is 3.00. The molecule has 82 valence electrons. The molecular weight excluding hydrogens is 198 g/mol. The van der Waals surface area contributed by atoms with E-state index in [0.717, 1.165) is 0 Å². The van der Waals surface area contributed by atoms with Crippen LogP contribution in [0.4, 0.5) is 11.5 Å². The molecule has 1 aromatic heterocycles. The Hall–Kier alpha value is -2.05. The molecule has 0 fully saturated rings. The number of carbonyl (C=O) groups excluding carboxylic acids is 1. The predicted octanol–water partition coefficient (Wildman–Crippen LogP) is -1.47. The Morgan fingerprint density at radius 2 is 2.40 bits per heavy atom. The van der Waals surface area contributed by atoms with Crippen LogP contribution in [0.2, 0.25) is 0 Å². The van der Waals surface area contributed by atoms with Crippen LogP contribution in [0.15, 0.2) is 11.1 Å². The largest absolute Gasteiger partial charge is 0.391 e. The molecule has 0 aromatic carbocycles. The average Bonchev–Trinajstić information content (AvgIpc) is 2.21. The van der Waals surface area contributed by atoms with Crippen LogP contribution >= 0.6 is 0 Å². The van der Waals surface area contributed by atoms with E-state index in [4.69, 9.17) is 5.73 Å². The van der Waals surface area contributed by atoms with Crippen LogP contribution in [0, 0.1) is 0 Å². The molecule has 0 radical (unpaired) electrons. The summed E-state index contributed by atoms with van der Waals surface area (Å²) >= 11 is 0. The summed E-state index contributed by atoms with van der Waals surface area (Å²) in [5.41, 5.74) is 5.11. The van der Waals surface area contributed by atoms with Gasteiger partial charge in [0.05, 0.1) is 12.9 Å². The molecule has 7 heteroatoms. The third-order valence-electron chi connectivity index (χ3n) is 1.89. The monoisotopic (exact) mass is 211 g/mol. The van der Waals surface area contributed by atoms with Crippen molar-refractivity contribution in [1.82, 2.24) is 15.3 Å². The van der Waals surface area contributed by atoms with E-state index >= 15 is 0 Å². The van der Waals surface area contributed by atoms with Crippen molar-refractivity contribution in [2.45, 2.75) is 0 Å². The normalized spacial score (nSPS) is 9.73. The molecule has 1 aromatic rings. The maximum absolute atomic E-state index is 11.2. The van der Waals surface area contributed by atoms with Gasteiger partial charge in [0.15, 0.2) is 5.82 Å². The maximum atomic E-state index is 11.2. The summed E-state index contributed by atoms with van der Waals surface area (Å²) in [4.78, 5) is 30.0. The minimum atomic E-state index is -0.413. The third kappa shape index (κ3) is 2.46. The number of anilines is 2. The maximum Gasteiger partial charge on any atom is 0.276 e. The highest BCUT2D eigenvalue weighted by Gasteiger charge is 2.11. The average molecular weight is 211 g/mol. The minimum Gasteiger partial charge on any atom is -0.391 e. The number of nitrogens with two attached hydrogens (primary N) is 1. The fourth-order valence-corrected chi connectivity index (χ4v) is 1.07. The van der Waals surface area contributed by atoms with Crippen molar-refractivity contribution in [2.75, 3.05) is 31.3 Å². The topological polar surface area (TPSA) is 104 Å². The number of hydrogen-bond acceptors (Lipinski definition) is 5. The number of amides is 1. The summed E-state index contributed by atoms with van der Waals surface area (Å²) < 4.78 is 0. The molecule has 0 saturated carbocycles. The number of rotatable bonds is 3. The van der Waals surface area contributed by atoms with Crippen LogP contribution in [-0.2, 0) is 4.79 Å². The Kier molecular flexibility index (Phi) is 3.27. The summed E-state index contributed by atoms with van der Waals surface area (Å²) in [5.74, 6) is 0.112. The Morgan fingerprint density at radius 3 is 3.00 bits per heavy atom. The molecular formula is C8H13N5O2. The first-order valence-electron chi connectivity index (χ1n) is 4.31. The van der Waals surface area contributed by atoms with Gasteiger partial charge in [-0.1, -0.05) is 0 Å². The number of aromatic amines is 1. The lowest BCUT2D eigenvalue weighted by Crippen LogP contribution is -2.34. The van der Waals surface area contributed by atoms with Crippen LogP contribution in [0.1, 0.15) is 0 Å². The van der Waals surface area contributed by atoms with Gasteiger partial charge in [-0.15, -0.1) is 0 Å². The first kappa shape index (κ1) is 11.0. The molecule has 15 heavy (non-hydrogen) atoms. The van der Waals surface area contributed by atoms with Gasteiger partial charge in [0.1, 0.15) is 5.69 Å². The number of likely N-dealkylation sites (N-methyl/N-ethyl adjacent to an activating group) is 2. The highest BCUT2D eigenvalue weighted by Crippen LogP contribution is 2.11. The van der Waals surface area contributed by atoms with Crippen molar-refractivity contribution < 1.29 is 4.79 Å². The van der Waals surface area contributed by atoms with E-state index in [9.17, 15) is 9.59 Å². The number of nitrogens with one attached hydrogen (secondary N) is 2. The van der Waals surface area contributed by atoms with Gasteiger partial charge in [-0.2, -0.15) is 0 Å². The van der Waals surface area contributed by atoms with E-state index in [2.05, 4.69) is 15.3 Å². The summed E-state index contributed by atoms with van der Waals surface area (Å²) in [6.07, 6.45) is 1.24. The Labute approximate surface area is 86.3 Å². The summed E-state index contributed by atoms with van der Waals surface area (Å²) in [6.45, 7) is 0.0944. The summed E-state index contributed by atoms with van der Waals surface area (Å²) in [5, 5.41) is 2.46. The second-order valence-electron chi connectivity index (χ2n) is 3.00. The van der Waals surface area contributed by atoms with Crippen LogP contribution in [0.5, 0.6) is 0 Å². The number of nitrogen functional groups attached to an aromatic ring is 1. The van der Waals surface area contributed by atoms with E-state index in [-0.39, 0.29) is 18.1 Å². The standard InChI is InChI=1S/C8H13N5O2/c1-10-5(14)3-13(2)7-6(9)8(15)12-4-11-7/h4H,3,9H2,1-2H3,(H,10,14)(H,11,12,15). The molecule has 1 heterocycles. The van der Waals surface area contributed by atoms with Crippen molar-refractivity contribution in [2.24, 2.45) is 0 Å². The number of hydrogen-bond donors (Lipinski definition) is 3. The Bertz CT molecular complexity index is 414. The molecule has 0 aliphatic rings. The lowest BCUT2D eigenvalue weighted by Gasteiger charge is -2.17. The highest BCUT2D eigenvalue weighted by atomic mass is 16.2. The number of H-pyrrole nitrogens is 1. The second kappa shape index (κ2) is 4.45. The van der Waals surface area contributed by atoms with Crippen LogP contribution < -0.4 is 21.5 Å². The molecule has 0 bridgehead atoms. The van der Waals surface area contributed by atoms with E-state index in [0.29, 0.717) is 5.82 Å². The fraction of sp³-hybridized carbons (Fsp3) is 0.375. The van der Waals surface area contributed by atoms with Gasteiger partial charge in [-0.05, 0) is 0 Å². The van der Waals surface area contributed by atoms with Crippen molar-refractivity contribution in [3.05, 3.63) is 16.7 Å². The van der Waals surface area contributed by atoms with Crippen molar-refractivity contribution in [3.63, 3.8) is 0 Å².